The van der Waals surface area contributed by atoms with Crippen LogP contribution in [0.5, 0.6) is 5.75 Å². The molecule has 0 saturated carbocycles. The second kappa shape index (κ2) is 9.19. The second-order valence-corrected chi connectivity index (χ2v) is 9.80. The molecule has 10 heteroatoms. The number of fused-ring (bicyclic) bond motifs is 1. The number of ether oxygens (including phenoxy) is 1. The highest BCUT2D eigenvalue weighted by Gasteiger charge is 2.26. The van der Waals surface area contributed by atoms with Crippen LogP contribution in [0, 0.1) is 0 Å². The summed E-state index contributed by atoms with van der Waals surface area (Å²) in [5, 5.41) is 0.331. The van der Waals surface area contributed by atoms with Gasteiger partial charge in [-0.05, 0) is 55.4 Å². The van der Waals surface area contributed by atoms with Crippen molar-refractivity contribution in [2.24, 2.45) is 0 Å². The monoisotopic (exact) mass is 460 g/mol. The first kappa shape index (κ1) is 21.5. The van der Waals surface area contributed by atoms with Gasteiger partial charge in [-0.25, -0.2) is 4.98 Å². The number of sulfonamides is 1. The molecule has 4 rings (SSSR count). The number of pyridine rings is 1. The Bertz CT molecular complexity index is 1190. The average Bonchev–Trinajstić information content (AvgIpc) is 3.26. The molecular formula is C21H24N4O4S2. The maximum atomic E-state index is 13.2. The van der Waals surface area contributed by atoms with Crippen LogP contribution in [0.1, 0.15) is 43.0 Å². The van der Waals surface area contributed by atoms with Gasteiger partial charge in [-0.1, -0.05) is 6.92 Å². The van der Waals surface area contributed by atoms with E-state index >= 15 is 0 Å². The van der Waals surface area contributed by atoms with E-state index in [1.165, 1.54) is 23.9 Å². The number of carbonyl (C=O) groups excluding carboxylic acids is 1. The summed E-state index contributed by atoms with van der Waals surface area (Å²) in [6, 6.07) is 6.61. The lowest BCUT2D eigenvalue weighted by Gasteiger charge is -2.27. The quantitative estimate of drug-likeness (QED) is 0.574. The Kier molecular flexibility index (Phi) is 6.38. The zero-order valence-electron chi connectivity index (χ0n) is 17.2. The summed E-state index contributed by atoms with van der Waals surface area (Å²) in [5.74, 6) is 0.306. The van der Waals surface area contributed by atoms with E-state index in [0.717, 1.165) is 30.4 Å². The number of hydrogen-bond donors (Lipinski definition) is 1. The molecule has 1 amide bonds. The molecule has 1 saturated heterocycles. The van der Waals surface area contributed by atoms with Gasteiger partial charge in [0.1, 0.15) is 5.75 Å². The highest BCUT2D eigenvalue weighted by Crippen LogP contribution is 2.30. The van der Waals surface area contributed by atoms with Crippen LogP contribution in [-0.4, -0.2) is 48.3 Å². The molecule has 1 aliphatic rings. The number of hydrogen-bond acceptors (Lipinski definition) is 7. The molecule has 31 heavy (non-hydrogen) atoms. The van der Waals surface area contributed by atoms with Crippen LogP contribution in [-0.2, 0) is 10.0 Å². The van der Waals surface area contributed by atoms with Gasteiger partial charge in [-0.2, -0.15) is 12.8 Å². The minimum atomic E-state index is -4.05. The summed E-state index contributed by atoms with van der Waals surface area (Å²) in [6.45, 7) is 3.81. The Morgan fingerprint density at radius 2 is 2.03 bits per heavy atom. The van der Waals surface area contributed by atoms with Gasteiger partial charge in [0.15, 0.2) is 5.03 Å². The summed E-state index contributed by atoms with van der Waals surface area (Å²) in [6.07, 6.45) is 6.73. The predicted molar refractivity (Wildman–Crippen MR) is 120 cm³/mol. The van der Waals surface area contributed by atoms with E-state index in [1.807, 2.05) is 6.92 Å². The standard InChI is InChI=1S/C21H24N4O4S2/c1-2-12-29-15-6-7-16(21(26)25-10-4-3-5-11-25)18(13-15)24-31(27,28)20-17-14-23-30-19(17)8-9-22-20/h6-9,13-14,24H,2-5,10-12H2,1H3. The van der Waals surface area contributed by atoms with E-state index in [2.05, 4.69) is 14.1 Å². The van der Waals surface area contributed by atoms with Crippen molar-refractivity contribution in [3.8, 4) is 5.75 Å². The largest absolute Gasteiger partial charge is 0.494 e. The number of benzene rings is 1. The van der Waals surface area contributed by atoms with Crippen molar-refractivity contribution in [3.63, 3.8) is 0 Å². The van der Waals surface area contributed by atoms with Crippen LogP contribution in [0.3, 0.4) is 0 Å². The van der Waals surface area contributed by atoms with Crippen LogP contribution in [0.15, 0.2) is 41.7 Å². The van der Waals surface area contributed by atoms with Gasteiger partial charge in [-0.3, -0.25) is 9.52 Å². The number of amides is 1. The van der Waals surface area contributed by atoms with Crippen LogP contribution in [0.2, 0.25) is 0 Å². The van der Waals surface area contributed by atoms with Crippen molar-refractivity contribution in [1.82, 2.24) is 14.3 Å². The summed E-state index contributed by atoms with van der Waals surface area (Å²) in [5.41, 5.74) is 0.483. The number of rotatable bonds is 7. The first-order chi connectivity index (χ1) is 15.0. The molecule has 0 unspecified atom stereocenters. The first-order valence-corrected chi connectivity index (χ1v) is 12.5. The van der Waals surface area contributed by atoms with E-state index in [0.29, 0.717) is 36.4 Å². The third-order valence-electron chi connectivity index (χ3n) is 5.08. The Balaban J connectivity index is 1.72. The number of anilines is 1. The summed E-state index contributed by atoms with van der Waals surface area (Å²) in [7, 11) is -4.05. The van der Waals surface area contributed by atoms with Crippen LogP contribution in [0.25, 0.3) is 10.1 Å². The lowest BCUT2D eigenvalue weighted by Crippen LogP contribution is -2.36. The van der Waals surface area contributed by atoms with Crippen LogP contribution in [0.4, 0.5) is 5.69 Å². The van der Waals surface area contributed by atoms with Crippen LogP contribution < -0.4 is 9.46 Å². The fourth-order valence-electron chi connectivity index (χ4n) is 3.55. The van der Waals surface area contributed by atoms with E-state index < -0.39 is 10.0 Å². The summed E-state index contributed by atoms with van der Waals surface area (Å²) >= 11 is 1.20. The zero-order chi connectivity index (χ0) is 21.8. The molecule has 2 aromatic heterocycles. The predicted octanol–water partition coefficient (Wildman–Crippen LogP) is 3.91. The molecule has 3 aromatic rings. The summed E-state index contributed by atoms with van der Waals surface area (Å²) in [4.78, 5) is 19.0. The Hall–Kier alpha value is -2.72. The lowest BCUT2D eigenvalue weighted by atomic mass is 10.1. The third kappa shape index (κ3) is 4.64. The molecule has 1 N–H and O–H groups in total. The van der Waals surface area contributed by atoms with E-state index in [4.69, 9.17) is 4.74 Å². The zero-order valence-corrected chi connectivity index (χ0v) is 18.8. The number of carbonyl (C=O) groups is 1. The Morgan fingerprint density at radius 1 is 1.23 bits per heavy atom. The van der Waals surface area contributed by atoms with Crippen molar-refractivity contribution >= 4 is 43.2 Å². The van der Waals surface area contributed by atoms with Gasteiger partial charge < -0.3 is 9.64 Å². The van der Waals surface area contributed by atoms with Crippen molar-refractivity contribution < 1.29 is 17.9 Å². The van der Waals surface area contributed by atoms with Gasteiger partial charge in [0, 0.05) is 25.4 Å². The van der Waals surface area contributed by atoms with Crippen molar-refractivity contribution in [2.45, 2.75) is 37.6 Å². The normalized spacial score (nSPS) is 14.5. The van der Waals surface area contributed by atoms with Crippen molar-refractivity contribution in [3.05, 3.63) is 42.2 Å². The lowest BCUT2D eigenvalue weighted by molar-refractivity contribution is 0.0725. The molecule has 1 aromatic carbocycles. The molecule has 164 valence electrons. The highest BCUT2D eigenvalue weighted by atomic mass is 32.2. The van der Waals surface area contributed by atoms with Gasteiger partial charge in [0.05, 0.1) is 34.1 Å². The molecule has 1 fully saturated rings. The van der Waals surface area contributed by atoms with E-state index in [9.17, 15) is 13.2 Å². The maximum absolute atomic E-state index is 13.2. The van der Waals surface area contributed by atoms with Crippen molar-refractivity contribution in [1.29, 1.82) is 0 Å². The van der Waals surface area contributed by atoms with E-state index in [-0.39, 0.29) is 16.6 Å². The molecule has 0 spiro atoms. The van der Waals surface area contributed by atoms with Gasteiger partial charge in [0.25, 0.3) is 15.9 Å². The van der Waals surface area contributed by atoms with Crippen LogP contribution >= 0.6 is 11.5 Å². The number of aromatic nitrogens is 2. The van der Waals surface area contributed by atoms with Gasteiger partial charge in [0.2, 0.25) is 0 Å². The van der Waals surface area contributed by atoms with Gasteiger partial charge in [-0.15, -0.1) is 0 Å². The minimum absolute atomic E-state index is 0.116. The SMILES string of the molecule is CCCOc1ccc(C(=O)N2CCCCC2)c(NS(=O)(=O)c2nccc3sncc23)c1. The average molecular weight is 461 g/mol. The molecule has 0 aliphatic carbocycles. The van der Waals surface area contributed by atoms with Crippen molar-refractivity contribution in [2.75, 3.05) is 24.4 Å². The molecule has 8 nitrogen and oxygen atoms in total. The Morgan fingerprint density at radius 3 is 2.81 bits per heavy atom. The first-order valence-electron chi connectivity index (χ1n) is 10.3. The maximum Gasteiger partial charge on any atom is 0.280 e. The fourth-order valence-corrected chi connectivity index (χ4v) is 5.46. The smallest absolute Gasteiger partial charge is 0.280 e. The fraction of sp³-hybridized carbons (Fsp3) is 0.381. The topological polar surface area (TPSA) is 101 Å². The minimum Gasteiger partial charge on any atom is -0.494 e. The molecule has 3 heterocycles. The molecule has 0 atom stereocenters. The van der Waals surface area contributed by atoms with Gasteiger partial charge >= 0.3 is 0 Å². The molecule has 0 bridgehead atoms. The number of piperidine rings is 1. The van der Waals surface area contributed by atoms with E-state index in [1.54, 1.807) is 29.2 Å². The summed E-state index contributed by atoms with van der Waals surface area (Å²) < 4.78 is 39.5. The second-order valence-electron chi connectivity index (χ2n) is 7.37. The number of nitrogens with zero attached hydrogens (tertiary/aromatic N) is 3. The number of likely N-dealkylation sites (tertiary alicyclic amines) is 1. The number of nitrogens with one attached hydrogen (secondary N) is 1. The molecular weight excluding hydrogens is 436 g/mol. The third-order valence-corrected chi connectivity index (χ3v) is 7.17. The Labute approximate surface area is 185 Å². The molecule has 1 aliphatic heterocycles. The highest BCUT2D eigenvalue weighted by molar-refractivity contribution is 7.92. The molecule has 0 radical (unpaired) electrons.